The molecule has 0 saturated heterocycles. The lowest BCUT2D eigenvalue weighted by molar-refractivity contribution is 0.0870. The molecule has 19 heavy (non-hydrogen) atoms. The van der Waals surface area contributed by atoms with Crippen molar-refractivity contribution < 1.29 is 4.74 Å². The quantitative estimate of drug-likeness (QED) is 0.810. The summed E-state index contributed by atoms with van der Waals surface area (Å²) >= 11 is 5.86. The summed E-state index contributed by atoms with van der Waals surface area (Å²) in [4.78, 5) is 16.2. The summed E-state index contributed by atoms with van der Waals surface area (Å²) in [6.07, 6.45) is 5.17. The molecule has 0 aliphatic rings. The molecule has 0 unspecified atom stereocenters. The van der Waals surface area contributed by atoms with E-state index in [4.69, 9.17) is 16.3 Å². The fraction of sp³-hybridized carbons (Fsp3) is 0.455. The Morgan fingerprint density at radius 3 is 2.89 bits per heavy atom. The maximum absolute atomic E-state index is 5.86. The Morgan fingerprint density at radius 2 is 2.21 bits per heavy atom. The highest BCUT2D eigenvalue weighted by atomic mass is 35.5. The van der Waals surface area contributed by atoms with Gasteiger partial charge in [-0.05, 0) is 25.4 Å². The third-order valence-electron chi connectivity index (χ3n) is 2.17. The molecule has 0 fully saturated rings. The van der Waals surface area contributed by atoms with Gasteiger partial charge in [0.2, 0.25) is 17.2 Å². The predicted octanol–water partition coefficient (Wildman–Crippen LogP) is 1.55. The van der Waals surface area contributed by atoms with Crippen LogP contribution in [-0.4, -0.2) is 43.8 Å². The van der Waals surface area contributed by atoms with E-state index in [1.807, 2.05) is 13.8 Å². The van der Waals surface area contributed by atoms with Crippen LogP contribution in [-0.2, 0) is 4.74 Å². The van der Waals surface area contributed by atoms with Gasteiger partial charge in [-0.3, -0.25) is 4.57 Å². The number of hydrogen-bond donors (Lipinski definition) is 1. The topological polar surface area (TPSA) is 77.8 Å². The summed E-state index contributed by atoms with van der Waals surface area (Å²) in [5.41, 5.74) is 0. The van der Waals surface area contributed by atoms with Gasteiger partial charge in [0.15, 0.2) is 0 Å². The Balaban J connectivity index is 2.01. The lowest BCUT2D eigenvalue weighted by Gasteiger charge is -2.09. The molecule has 0 aliphatic carbocycles. The first kappa shape index (κ1) is 13.7. The number of anilines is 1. The SMILES string of the molecule is CC(C)OCCNc1nc(Cl)nc(-n2ccnc2)n1. The summed E-state index contributed by atoms with van der Waals surface area (Å²) in [7, 11) is 0. The van der Waals surface area contributed by atoms with Crippen LogP contribution in [0.25, 0.3) is 5.95 Å². The first-order valence-electron chi connectivity index (χ1n) is 5.90. The molecule has 0 spiro atoms. The van der Waals surface area contributed by atoms with Crippen molar-refractivity contribution >= 4 is 17.5 Å². The van der Waals surface area contributed by atoms with Crippen LogP contribution < -0.4 is 5.32 Å². The Morgan fingerprint density at radius 1 is 1.37 bits per heavy atom. The highest BCUT2D eigenvalue weighted by molar-refractivity contribution is 6.28. The molecule has 1 N–H and O–H groups in total. The molecule has 102 valence electrons. The van der Waals surface area contributed by atoms with Crippen LogP contribution in [0.1, 0.15) is 13.8 Å². The van der Waals surface area contributed by atoms with Crippen LogP contribution in [0.5, 0.6) is 0 Å². The zero-order valence-corrected chi connectivity index (χ0v) is 11.5. The average molecular weight is 283 g/mol. The van der Waals surface area contributed by atoms with Crippen LogP contribution in [0.15, 0.2) is 18.7 Å². The monoisotopic (exact) mass is 282 g/mol. The van der Waals surface area contributed by atoms with E-state index in [9.17, 15) is 0 Å². The van der Waals surface area contributed by atoms with E-state index >= 15 is 0 Å². The number of ether oxygens (including phenoxy) is 1. The smallest absolute Gasteiger partial charge is 0.241 e. The lowest BCUT2D eigenvalue weighted by Crippen LogP contribution is -2.15. The molecular formula is C11H15ClN6O. The van der Waals surface area contributed by atoms with Crippen molar-refractivity contribution in [1.82, 2.24) is 24.5 Å². The van der Waals surface area contributed by atoms with Crippen LogP contribution in [0.2, 0.25) is 5.28 Å². The number of rotatable bonds is 6. The predicted molar refractivity (Wildman–Crippen MR) is 71.5 cm³/mol. The first-order valence-corrected chi connectivity index (χ1v) is 6.28. The van der Waals surface area contributed by atoms with E-state index in [2.05, 4.69) is 25.3 Å². The van der Waals surface area contributed by atoms with Gasteiger partial charge in [-0.25, -0.2) is 4.98 Å². The highest BCUT2D eigenvalue weighted by Crippen LogP contribution is 2.09. The largest absolute Gasteiger partial charge is 0.377 e. The van der Waals surface area contributed by atoms with Gasteiger partial charge >= 0.3 is 0 Å². The number of nitrogens with one attached hydrogen (secondary N) is 1. The lowest BCUT2D eigenvalue weighted by atomic mass is 10.5. The van der Waals surface area contributed by atoms with Gasteiger partial charge in [0.1, 0.15) is 6.33 Å². The maximum atomic E-state index is 5.86. The van der Waals surface area contributed by atoms with Gasteiger partial charge in [-0.1, -0.05) is 0 Å². The Hall–Kier alpha value is -1.73. The summed E-state index contributed by atoms with van der Waals surface area (Å²) in [6.45, 7) is 5.14. The van der Waals surface area contributed by atoms with Crippen molar-refractivity contribution in [3.05, 3.63) is 24.0 Å². The maximum Gasteiger partial charge on any atom is 0.241 e. The second-order valence-corrected chi connectivity index (χ2v) is 4.38. The fourth-order valence-corrected chi connectivity index (χ4v) is 1.52. The van der Waals surface area contributed by atoms with Gasteiger partial charge in [0, 0.05) is 18.9 Å². The van der Waals surface area contributed by atoms with Gasteiger partial charge < -0.3 is 10.1 Å². The molecule has 0 bridgehead atoms. The van der Waals surface area contributed by atoms with Crippen LogP contribution >= 0.6 is 11.6 Å². The molecule has 0 aromatic carbocycles. The normalized spacial score (nSPS) is 10.9. The van der Waals surface area contributed by atoms with E-state index in [1.54, 1.807) is 23.3 Å². The summed E-state index contributed by atoms with van der Waals surface area (Å²) in [6, 6.07) is 0. The zero-order chi connectivity index (χ0) is 13.7. The number of imidazole rings is 1. The van der Waals surface area contributed by atoms with Crippen molar-refractivity contribution in [1.29, 1.82) is 0 Å². The average Bonchev–Trinajstić information content (AvgIpc) is 2.87. The third-order valence-corrected chi connectivity index (χ3v) is 2.34. The van der Waals surface area contributed by atoms with Crippen molar-refractivity contribution in [2.24, 2.45) is 0 Å². The highest BCUT2D eigenvalue weighted by Gasteiger charge is 2.06. The van der Waals surface area contributed by atoms with Crippen LogP contribution in [0, 0.1) is 0 Å². The Bertz CT molecular complexity index is 516. The molecular weight excluding hydrogens is 268 g/mol. The molecule has 0 aliphatic heterocycles. The van der Waals surface area contributed by atoms with Crippen molar-refractivity contribution in [3.63, 3.8) is 0 Å². The van der Waals surface area contributed by atoms with Crippen molar-refractivity contribution in [2.75, 3.05) is 18.5 Å². The number of halogens is 1. The number of hydrogen-bond acceptors (Lipinski definition) is 6. The fourth-order valence-electron chi connectivity index (χ4n) is 1.37. The Kier molecular flexibility index (Phi) is 4.64. The van der Waals surface area contributed by atoms with E-state index in [-0.39, 0.29) is 11.4 Å². The van der Waals surface area contributed by atoms with E-state index in [1.165, 1.54) is 0 Å². The first-order chi connectivity index (χ1) is 9.15. The number of aromatic nitrogens is 5. The zero-order valence-electron chi connectivity index (χ0n) is 10.7. The minimum absolute atomic E-state index is 0.131. The molecule has 2 heterocycles. The van der Waals surface area contributed by atoms with Crippen molar-refractivity contribution in [2.45, 2.75) is 20.0 Å². The van der Waals surface area contributed by atoms with Crippen molar-refractivity contribution in [3.8, 4) is 5.95 Å². The van der Waals surface area contributed by atoms with Crippen LogP contribution in [0.3, 0.4) is 0 Å². The number of nitrogens with zero attached hydrogens (tertiary/aromatic N) is 5. The summed E-state index contributed by atoms with van der Waals surface area (Å²) < 4.78 is 7.07. The van der Waals surface area contributed by atoms with Gasteiger partial charge in [0.25, 0.3) is 0 Å². The third kappa shape index (κ3) is 4.15. The standard InChI is InChI=1S/C11H15ClN6O/c1-8(2)19-6-4-14-10-15-9(12)16-11(17-10)18-5-3-13-7-18/h3,5,7-8H,4,6H2,1-2H3,(H,14,15,16,17). The summed E-state index contributed by atoms with van der Waals surface area (Å²) in [5, 5.41) is 3.17. The molecule has 2 aromatic rings. The minimum Gasteiger partial charge on any atom is -0.377 e. The van der Waals surface area contributed by atoms with E-state index < -0.39 is 0 Å². The van der Waals surface area contributed by atoms with E-state index in [0.717, 1.165) is 0 Å². The minimum atomic E-state index is 0.131. The molecule has 0 atom stereocenters. The second-order valence-electron chi connectivity index (χ2n) is 4.04. The molecule has 2 rings (SSSR count). The Labute approximate surface area is 116 Å². The van der Waals surface area contributed by atoms with Crippen LogP contribution in [0.4, 0.5) is 5.95 Å². The molecule has 8 heteroatoms. The van der Waals surface area contributed by atoms with E-state index in [0.29, 0.717) is 25.0 Å². The van der Waals surface area contributed by atoms with Gasteiger partial charge in [0.05, 0.1) is 12.7 Å². The molecule has 2 aromatic heterocycles. The molecule has 0 saturated carbocycles. The molecule has 7 nitrogen and oxygen atoms in total. The summed E-state index contributed by atoms with van der Waals surface area (Å²) in [5.74, 6) is 0.834. The molecule has 0 amide bonds. The molecule has 0 radical (unpaired) electrons. The van der Waals surface area contributed by atoms with Gasteiger partial charge in [-0.2, -0.15) is 15.0 Å². The van der Waals surface area contributed by atoms with Gasteiger partial charge in [-0.15, -0.1) is 0 Å². The second kappa shape index (κ2) is 6.44.